The van der Waals surface area contributed by atoms with Crippen LogP contribution < -0.4 is 16.0 Å². The molecule has 110 valence electrons. The number of hydrogen-bond donors (Lipinski definition) is 2. The van der Waals surface area contributed by atoms with Crippen molar-refractivity contribution in [2.75, 3.05) is 6.61 Å². The van der Waals surface area contributed by atoms with Crippen molar-refractivity contribution >= 4 is 15.9 Å². The van der Waals surface area contributed by atoms with E-state index in [1.54, 1.807) is 0 Å². The third-order valence-corrected chi connectivity index (χ3v) is 4.42. The summed E-state index contributed by atoms with van der Waals surface area (Å²) in [5, 5.41) is 0. The molecule has 0 bridgehead atoms. The van der Waals surface area contributed by atoms with Crippen LogP contribution in [0.4, 0.5) is 0 Å². The second kappa shape index (κ2) is 6.60. The van der Waals surface area contributed by atoms with Crippen molar-refractivity contribution in [3.63, 3.8) is 0 Å². The Morgan fingerprint density at radius 2 is 2.14 bits per heavy atom. The fourth-order valence-electron chi connectivity index (χ4n) is 2.78. The van der Waals surface area contributed by atoms with Crippen molar-refractivity contribution < 1.29 is 4.74 Å². The molecule has 0 saturated heterocycles. The van der Waals surface area contributed by atoms with Crippen molar-refractivity contribution in [2.45, 2.75) is 25.3 Å². The van der Waals surface area contributed by atoms with Gasteiger partial charge in [-0.15, -0.1) is 0 Å². The Morgan fingerprint density at radius 3 is 2.95 bits per heavy atom. The van der Waals surface area contributed by atoms with Crippen LogP contribution in [0.2, 0.25) is 0 Å². The molecular weight excluding hydrogens is 328 g/mol. The van der Waals surface area contributed by atoms with E-state index in [1.807, 2.05) is 12.1 Å². The van der Waals surface area contributed by atoms with Gasteiger partial charge in [0.1, 0.15) is 5.75 Å². The average molecular weight is 347 g/mol. The third-order valence-electron chi connectivity index (χ3n) is 3.93. The first-order valence-electron chi connectivity index (χ1n) is 7.22. The van der Waals surface area contributed by atoms with Gasteiger partial charge in [0.05, 0.1) is 6.61 Å². The van der Waals surface area contributed by atoms with Crippen LogP contribution in [0.3, 0.4) is 0 Å². The van der Waals surface area contributed by atoms with E-state index >= 15 is 0 Å². The highest BCUT2D eigenvalue weighted by Crippen LogP contribution is 2.27. The Labute approximate surface area is 133 Å². The zero-order valence-electron chi connectivity index (χ0n) is 11.8. The molecule has 1 heterocycles. The summed E-state index contributed by atoms with van der Waals surface area (Å²) in [6.45, 7) is 0.809. The van der Waals surface area contributed by atoms with Gasteiger partial charge >= 0.3 is 0 Å². The van der Waals surface area contributed by atoms with Gasteiger partial charge in [0.2, 0.25) is 0 Å². The SMILES string of the molecule is NNC(CCc1ccc2c(c1)CCO2)c1cccc(Br)c1. The van der Waals surface area contributed by atoms with E-state index in [9.17, 15) is 0 Å². The van der Waals surface area contributed by atoms with E-state index in [4.69, 9.17) is 10.6 Å². The number of fused-ring (bicyclic) bond motifs is 1. The highest BCUT2D eigenvalue weighted by molar-refractivity contribution is 9.10. The Morgan fingerprint density at radius 1 is 1.24 bits per heavy atom. The van der Waals surface area contributed by atoms with Gasteiger partial charge in [-0.05, 0) is 47.7 Å². The number of hydrazine groups is 1. The van der Waals surface area contributed by atoms with Crippen molar-refractivity contribution in [1.82, 2.24) is 5.43 Å². The summed E-state index contributed by atoms with van der Waals surface area (Å²) in [4.78, 5) is 0. The van der Waals surface area contributed by atoms with Crippen molar-refractivity contribution in [1.29, 1.82) is 0 Å². The molecule has 3 nitrogen and oxygen atoms in total. The summed E-state index contributed by atoms with van der Waals surface area (Å²) in [5.41, 5.74) is 6.80. The number of nitrogens with two attached hydrogens (primary N) is 1. The molecule has 1 aliphatic heterocycles. The van der Waals surface area contributed by atoms with Crippen LogP contribution in [0.15, 0.2) is 46.9 Å². The first-order chi connectivity index (χ1) is 10.3. The van der Waals surface area contributed by atoms with E-state index in [0.717, 1.165) is 36.1 Å². The van der Waals surface area contributed by atoms with Gasteiger partial charge in [-0.3, -0.25) is 11.3 Å². The molecule has 0 radical (unpaired) electrons. The second-order valence-corrected chi connectivity index (χ2v) is 6.27. The minimum Gasteiger partial charge on any atom is -0.493 e. The summed E-state index contributed by atoms with van der Waals surface area (Å²) < 4.78 is 6.62. The lowest BCUT2D eigenvalue weighted by Crippen LogP contribution is -2.28. The highest BCUT2D eigenvalue weighted by atomic mass is 79.9. The number of benzene rings is 2. The first-order valence-corrected chi connectivity index (χ1v) is 8.02. The lowest BCUT2D eigenvalue weighted by atomic mass is 9.98. The maximum atomic E-state index is 5.72. The molecule has 0 aliphatic carbocycles. The van der Waals surface area contributed by atoms with Crippen LogP contribution >= 0.6 is 15.9 Å². The molecule has 21 heavy (non-hydrogen) atoms. The molecule has 1 unspecified atom stereocenters. The number of halogens is 1. The van der Waals surface area contributed by atoms with Gasteiger partial charge in [0.15, 0.2) is 0 Å². The van der Waals surface area contributed by atoms with Crippen LogP contribution in [0.1, 0.15) is 29.2 Å². The maximum absolute atomic E-state index is 5.72. The fraction of sp³-hybridized carbons (Fsp3) is 0.294. The maximum Gasteiger partial charge on any atom is 0.122 e. The van der Waals surface area contributed by atoms with Crippen LogP contribution in [0.25, 0.3) is 0 Å². The minimum absolute atomic E-state index is 0.159. The van der Waals surface area contributed by atoms with E-state index < -0.39 is 0 Å². The molecular formula is C17H19BrN2O. The topological polar surface area (TPSA) is 47.3 Å². The molecule has 1 atom stereocenters. The van der Waals surface area contributed by atoms with Gasteiger partial charge in [0, 0.05) is 16.9 Å². The van der Waals surface area contributed by atoms with Gasteiger partial charge < -0.3 is 4.74 Å². The lowest BCUT2D eigenvalue weighted by molar-refractivity contribution is 0.357. The molecule has 0 spiro atoms. The monoisotopic (exact) mass is 346 g/mol. The molecule has 4 heteroatoms. The van der Waals surface area contributed by atoms with Crippen molar-refractivity contribution in [2.24, 2.45) is 5.84 Å². The number of nitrogens with one attached hydrogen (secondary N) is 1. The Kier molecular flexibility index (Phi) is 4.58. The summed E-state index contributed by atoms with van der Waals surface area (Å²) in [7, 11) is 0. The van der Waals surface area contributed by atoms with Crippen LogP contribution in [-0.2, 0) is 12.8 Å². The largest absolute Gasteiger partial charge is 0.493 e. The van der Waals surface area contributed by atoms with Gasteiger partial charge in [-0.1, -0.05) is 40.2 Å². The van der Waals surface area contributed by atoms with E-state index in [1.165, 1.54) is 16.7 Å². The lowest BCUT2D eigenvalue weighted by Gasteiger charge is -2.17. The van der Waals surface area contributed by atoms with Crippen molar-refractivity contribution in [3.8, 4) is 5.75 Å². The molecule has 0 saturated carbocycles. The van der Waals surface area contributed by atoms with Crippen LogP contribution in [0.5, 0.6) is 5.75 Å². The van der Waals surface area contributed by atoms with Gasteiger partial charge in [-0.2, -0.15) is 0 Å². The number of rotatable bonds is 5. The summed E-state index contributed by atoms with van der Waals surface area (Å²) in [6, 6.07) is 14.9. The van der Waals surface area contributed by atoms with E-state index in [0.29, 0.717) is 0 Å². The smallest absolute Gasteiger partial charge is 0.122 e. The standard InChI is InChI=1S/C17H19BrN2O/c18-15-3-1-2-13(11-15)16(20-19)6-4-12-5-7-17-14(10-12)8-9-21-17/h1-3,5,7,10-11,16,20H,4,6,8-9,19H2. The Bertz CT molecular complexity index is 630. The predicted molar refractivity (Wildman–Crippen MR) is 88.2 cm³/mol. The number of hydrogen-bond acceptors (Lipinski definition) is 3. The molecule has 1 aliphatic rings. The molecule has 3 rings (SSSR count). The zero-order chi connectivity index (χ0) is 14.7. The van der Waals surface area contributed by atoms with E-state index in [2.05, 4.69) is 51.7 Å². The predicted octanol–water partition coefficient (Wildman–Crippen LogP) is 3.52. The van der Waals surface area contributed by atoms with Crippen molar-refractivity contribution in [3.05, 3.63) is 63.6 Å². The third kappa shape index (κ3) is 3.46. The highest BCUT2D eigenvalue weighted by Gasteiger charge is 2.14. The molecule has 0 amide bonds. The van der Waals surface area contributed by atoms with Crippen LogP contribution in [-0.4, -0.2) is 6.61 Å². The quantitative estimate of drug-likeness (QED) is 0.643. The number of aryl methyl sites for hydroxylation is 1. The molecule has 3 N–H and O–H groups in total. The van der Waals surface area contributed by atoms with Gasteiger partial charge in [0.25, 0.3) is 0 Å². The Balaban J connectivity index is 1.68. The van der Waals surface area contributed by atoms with Gasteiger partial charge in [-0.25, -0.2) is 0 Å². The average Bonchev–Trinajstić information content (AvgIpc) is 2.95. The molecule has 0 fully saturated rings. The normalized spacial score (nSPS) is 14.6. The second-order valence-electron chi connectivity index (χ2n) is 5.35. The van der Waals surface area contributed by atoms with Crippen LogP contribution in [0, 0.1) is 0 Å². The summed E-state index contributed by atoms with van der Waals surface area (Å²) >= 11 is 3.51. The number of ether oxygens (including phenoxy) is 1. The molecule has 0 aromatic heterocycles. The fourth-order valence-corrected chi connectivity index (χ4v) is 3.19. The molecule has 2 aromatic carbocycles. The Hall–Kier alpha value is -1.36. The summed E-state index contributed by atoms with van der Waals surface area (Å²) in [5.74, 6) is 6.76. The first kappa shape index (κ1) is 14.6. The molecule has 2 aromatic rings. The minimum atomic E-state index is 0.159. The summed E-state index contributed by atoms with van der Waals surface area (Å²) in [6.07, 6.45) is 2.98. The zero-order valence-corrected chi connectivity index (χ0v) is 13.4. The van der Waals surface area contributed by atoms with E-state index in [-0.39, 0.29) is 6.04 Å².